The number of aryl methyl sites for hydroxylation is 1. The minimum absolute atomic E-state index is 0.208. The van der Waals surface area contributed by atoms with Crippen molar-refractivity contribution >= 4 is 39.3 Å². The zero-order valence-electron chi connectivity index (χ0n) is 14.9. The Hall–Kier alpha value is -2.90. The molecule has 0 bridgehead atoms. The first kappa shape index (κ1) is 18.5. The van der Waals surface area contributed by atoms with Crippen LogP contribution in [0, 0.1) is 6.92 Å². The van der Waals surface area contributed by atoms with Gasteiger partial charge in [-0.1, -0.05) is 60.3 Å². The number of thioether (sulfide) groups is 1. The summed E-state index contributed by atoms with van der Waals surface area (Å²) < 4.78 is 1.48. The van der Waals surface area contributed by atoms with Gasteiger partial charge in [-0.3, -0.25) is 9.36 Å². The van der Waals surface area contributed by atoms with Crippen molar-refractivity contribution in [1.82, 2.24) is 9.55 Å². The molecule has 0 aliphatic carbocycles. The number of rotatable bonds is 5. The van der Waals surface area contributed by atoms with Gasteiger partial charge in [0, 0.05) is 16.2 Å². The first-order valence-corrected chi connectivity index (χ1v) is 10.4. The van der Waals surface area contributed by atoms with Crippen molar-refractivity contribution in [1.29, 1.82) is 0 Å². The zero-order chi connectivity index (χ0) is 19.7. The third-order valence-electron chi connectivity index (χ3n) is 4.27. The summed E-state index contributed by atoms with van der Waals surface area (Å²) in [5, 5.41) is 11.9. The van der Waals surface area contributed by atoms with Crippen molar-refractivity contribution in [3.05, 3.63) is 75.9 Å². The van der Waals surface area contributed by atoms with Crippen LogP contribution in [0.3, 0.4) is 0 Å². The Labute approximate surface area is 169 Å². The number of para-hydroxylation sites is 1. The Morgan fingerprint density at radius 2 is 1.75 bits per heavy atom. The fraction of sp³-hybridized carbons (Fsp3) is 0.0952. The average molecular weight is 407 g/mol. The normalized spacial score (nSPS) is 11.0. The minimum atomic E-state index is -1.20. The second-order valence-corrected chi connectivity index (χ2v) is 8.26. The molecule has 0 radical (unpaired) electrons. The van der Waals surface area contributed by atoms with Gasteiger partial charge in [0.25, 0.3) is 5.56 Å². The molecule has 0 unspecified atom stereocenters. The fourth-order valence-electron chi connectivity index (χ4n) is 3.12. The zero-order valence-corrected chi connectivity index (χ0v) is 16.5. The first-order chi connectivity index (χ1) is 13.6. The van der Waals surface area contributed by atoms with Crippen LogP contribution in [0.15, 0.2) is 70.6 Å². The fourth-order valence-corrected chi connectivity index (χ4v) is 4.93. The van der Waals surface area contributed by atoms with Crippen LogP contribution < -0.4 is 10.7 Å². The standard InChI is InChI=1S/C21H16N2O3S2/c1-13-17(14-8-4-2-5-9-14)18-19(28-13)22-21(27-12-16(24)25)23(20(18)26)15-10-6-3-7-11-15/h2-11H,12H2,1H3,(H,24,25)/p-1. The molecule has 0 fully saturated rings. The van der Waals surface area contributed by atoms with Gasteiger partial charge in [-0.15, -0.1) is 11.3 Å². The maximum Gasteiger partial charge on any atom is 0.268 e. The first-order valence-electron chi connectivity index (χ1n) is 8.56. The second-order valence-electron chi connectivity index (χ2n) is 6.11. The van der Waals surface area contributed by atoms with Crippen LogP contribution in [0.4, 0.5) is 0 Å². The maximum absolute atomic E-state index is 13.6. The summed E-state index contributed by atoms with van der Waals surface area (Å²) in [6, 6.07) is 18.9. The molecule has 0 N–H and O–H groups in total. The van der Waals surface area contributed by atoms with Gasteiger partial charge >= 0.3 is 0 Å². The molecule has 2 aromatic heterocycles. The summed E-state index contributed by atoms with van der Waals surface area (Å²) in [5.74, 6) is -1.48. The molecule has 0 saturated carbocycles. The number of nitrogens with zero attached hydrogens (tertiary/aromatic N) is 2. The highest BCUT2D eigenvalue weighted by Gasteiger charge is 2.20. The van der Waals surface area contributed by atoms with Gasteiger partial charge in [0.2, 0.25) is 0 Å². The Kier molecular flexibility index (Phi) is 5.02. The molecular weight excluding hydrogens is 392 g/mol. The third-order valence-corrected chi connectivity index (χ3v) is 6.18. The molecule has 4 rings (SSSR count). The van der Waals surface area contributed by atoms with Gasteiger partial charge in [0.05, 0.1) is 17.0 Å². The molecule has 0 aliphatic heterocycles. The lowest BCUT2D eigenvalue weighted by atomic mass is 10.0. The molecule has 0 amide bonds. The van der Waals surface area contributed by atoms with Crippen molar-refractivity contribution in [3.8, 4) is 16.8 Å². The molecule has 4 aromatic rings. The van der Waals surface area contributed by atoms with E-state index in [-0.39, 0.29) is 11.3 Å². The molecular formula is C21H15N2O3S2-. The number of carboxylic acid groups (broad SMARTS) is 1. The molecule has 0 saturated heterocycles. The number of hydrogen-bond donors (Lipinski definition) is 0. The van der Waals surface area contributed by atoms with E-state index in [1.165, 1.54) is 15.9 Å². The molecule has 28 heavy (non-hydrogen) atoms. The van der Waals surface area contributed by atoms with E-state index in [1.54, 1.807) is 12.1 Å². The van der Waals surface area contributed by atoms with Crippen molar-refractivity contribution < 1.29 is 9.90 Å². The van der Waals surface area contributed by atoms with E-state index in [0.29, 0.717) is 21.1 Å². The molecule has 0 aliphatic rings. The number of carbonyl (C=O) groups is 1. The summed E-state index contributed by atoms with van der Waals surface area (Å²) in [5.41, 5.74) is 2.27. The summed E-state index contributed by atoms with van der Waals surface area (Å²) in [7, 11) is 0. The average Bonchev–Trinajstić information content (AvgIpc) is 3.04. The predicted molar refractivity (Wildman–Crippen MR) is 111 cm³/mol. The topological polar surface area (TPSA) is 75.0 Å². The Balaban J connectivity index is 2.04. The largest absolute Gasteiger partial charge is 0.549 e. The monoisotopic (exact) mass is 407 g/mol. The van der Waals surface area contributed by atoms with Gasteiger partial charge < -0.3 is 9.90 Å². The van der Waals surface area contributed by atoms with E-state index in [9.17, 15) is 14.7 Å². The Bertz CT molecular complexity index is 1220. The van der Waals surface area contributed by atoms with Crippen LogP contribution in [0.5, 0.6) is 0 Å². The molecule has 5 nitrogen and oxygen atoms in total. The highest BCUT2D eigenvalue weighted by Crippen LogP contribution is 2.36. The number of aliphatic carboxylic acids is 1. The minimum Gasteiger partial charge on any atom is -0.549 e. The van der Waals surface area contributed by atoms with Crippen LogP contribution >= 0.6 is 23.1 Å². The predicted octanol–water partition coefficient (Wildman–Crippen LogP) is 3.26. The van der Waals surface area contributed by atoms with Gasteiger partial charge in [-0.2, -0.15) is 0 Å². The lowest BCUT2D eigenvalue weighted by Gasteiger charge is -2.13. The highest BCUT2D eigenvalue weighted by molar-refractivity contribution is 7.99. The molecule has 7 heteroatoms. The molecule has 0 atom stereocenters. The number of hydrogen-bond acceptors (Lipinski definition) is 6. The number of aromatic nitrogens is 2. The van der Waals surface area contributed by atoms with Crippen LogP contribution in [-0.2, 0) is 4.79 Å². The number of carboxylic acids is 1. The summed E-state index contributed by atoms with van der Waals surface area (Å²) in [6.45, 7) is 1.97. The quantitative estimate of drug-likeness (QED) is 0.375. The van der Waals surface area contributed by atoms with Gasteiger partial charge in [-0.05, 0) is 24.6 Å². The van der Waals surface area contributed by atoms with Gasteiger partial charge in [-0.25, -0.2) is 4.98 Å². The van der Waals surface area contributed by atoms with E-state index in [4.69, 9.17) is 0 Å². The van der Waals surface area contributed by atoms with Crippen LogP contribution in [-0.4, -0.2) is 21.3 Å². The maximum atomic E-state index is 13.6. The van der Waals surface area contributed by atoms with Crippen LogP contribution in [0.1, 0.15) is 4.88 Å². The SMILES string of the molecule is Cc1sc2nc(SCC(=O)[O-])n(-c3ccccc3)c(=O)c2c1-c1ccccc1. The van der Waals surface area contributed by atoms with Crippen molar-refractivity contribution in [2.45, 2.75) is 12.1 Å². The lowest BCUT2D eigenvalue weighted by Crippen LogP contribution is -2.26. The number of fused-ring (bicyclic) bond motifs is 1. The van der Waals surface area contributed by atoms with E-state index < -0.39 is 5.97 Å². The van der Waals surface area contributed by atoms with Crippen molar-refractivity contribution in [2.75, 3.05) is 5.75 Å². The van der Waals surface area contributed by atoms with Crippen molar-refractivity contribution in [3.63, 3.8) is 0 Å². The van der Waals surface area contributed by atoms with Crippen LogP contribution in [0.25, 0.3) is 27.0 Å². The van der Waals surface area contributed by atoms with E-state index in [1.807, 2.05) is 55.5 Å². The van der Waals surface area contributed by atoms with Gasteiger partial charge in [0.15, 0.2) is 5.16 Å². The highest BCUT2D eigenvalue weighted by atomic mass is 32.2. The van der Waals surface area contributed by atoms with Crippen molar-refractivity contribution in [2.24, 2.45) is 0 Å². The number of carbonyl (C=O) groups excluding carboxylic acids is 1. The molecule has 0 spiro atoms. The Morgan fingerprint density at radius 1 is 1.11 bits per heavy atom. The molecule has 2 heterocycles. The smallest absolute Gasteiger partial charge is 0.268 e. The van der Waals surface area contributed by atoms with E-state index in [2.05, 4.69) is 4.98 Å². The van der Waals surface area contributed by atoms with E-state index in [0.717, 1.165) is 27.8 Å². The summed E-state index contributed by atoms with van der Waals surface area (Å²) in [6.07, 6.45) is 0. The lowest BCUT2D eigenvalue weighted by molar-refractivity contribution is -0.301. The number of thiophene rings is 1. The molecule has 2 aromatic carbocycles. The Morgan fingerprint density at radius 3 is 2.39 bits per heavy atom. The summed E-state index contributed by atoms with van der Waals surface area (Å²) in [4.78, 5) is 30.8. The molecule has 140 valence electrons. The third kappa shape index (κ3) is 3.34. The van der Waals surface area contributed by atoms with Gasteiger partial charge in [0.1, 0.15) is 4.83 Å². The summed E-state index contributed by atoms with van der Waals surface area (Å²) >= 11 is 2.43. The van der Waals surface area contributed by atoms with Crippen LogP contribution in [0.2, 0.25) is 0 Å². The van der Waals surface area contributed by atoms with E-state index >= 15 is 0 Å². The number of benzene rings is 2. The second kappa shape index (κ2) is 7.61.